The molecule has 1 radical (unpaired) electrons. The normalized spacial score (nSPS) is 23.4. The molecule has 4 heteroatoms. The van der Waals surface area contributed by atoms with Crippen LogP contribution in [0.1, 0.15) is 47.0 Å². The van der Waals surface area contributed by atoms with E-state index in [0.29, 0.717) is 0 Å². The van der Waals surface area contributed by atoms with Crippen molar-refractivity contribution < 1.29 is 46.5 Å². The molecule has 0 amide bonds. The van der Waals surface area contributed by atoms with Gasteiger partial charge >= 0.3 is 21.7 Å². The van der Waals surface area contributed by atoms with Crippen LogP contribution in [-0.2, 0) is 21.7 Å². The smallest absolute Gasteiger partial charge is 1.00 e. The summed E-state index contributed by atoms with van der Waals surface area (Å²) in [6, 6.07) is 0. The molecule has 0 aromatic carbocycles. The van der Waals surface area contributed by atoms with Crippen molar-refractivity contribution in [3.05, 3.63) is 47.1 Å². The van der Waals surface area contributed by atoms with Crippen molar-refractivity contribution in [1.29, 1.82) is 0 Å². The van der Waals surface area contributed by atoms with Gasteiger partial charge in [-0.2, -0.15) is 17.8 Å². The monoisotopic (exact) mass is 391 g/mol. The molecule has 1 unspecified atom stereocenters. The number of rotatable bonds is 3. The first kappa shape index (κ1) is 24.9. The second-order valence-corrected chi connectivity index (χ2v) is 7.83. The number of hydrogen-bond acceptors (Lipinski definition) is 1. The van der Waals surface area contributed by atoms with Crippen LogP contribution in [0.15, 0.2) is 41.0 Å². The van der Waals surface area contributed by atoms with Crippen molar-refractivity contribution in [2.24, 2.45) is 5.41 Å². The molecule has 2 aliphatic rings. The maximum atomic E-state index is 3.49. The van der Waals surface area contributed by atoms with Crippen LogP contribution in [0.25, 0.3) is 0 Å². The number of thioether (sulfide) groups is 1. The van der Waals surface area contributed by atoms with E-state index in [1.165, 1.54) is 11.1 Å². The third kappa shape index (κ3) is 5.60. The average Bonchev–Trinajstić information content (AvgIpc) is 2.83. The van der Waals surface area contributed by atoms with Gasteiger partial charge in [-0.1, -0.05) is 38.5 Å². The van der Waals surface area contributed by atoms with E-state index in [1.54, 1.807) is 5.57 Å². The molecule has 0 nitrogen and oxygen atoms in total. The van der Waals surface area contributed by atoms with Gasteiger partial charge in [-0.05, 0) is 37.0 Å². The molecule has 0 aromatic heterocycles. The molecule has 2 aliphatic carbocycles. The van der Waals surface area contributed by atoms with E-state index in [9.17, 15) is 0 Å². The fraction of sp³-hybridized carbons (Fsp3) is 0.556. The summed E-state index contributed by atoms with van der Waals surface area (Å²) in [6.45, 7) is 9.23. The van der Waals surface area contributed by atoms with E-state index in [4.69, 9.17) is 0 Å². The zero-order valence-corrected chi connectivity index (χ0v) is 18.0. The van der Waals surface area contributed by atoms with Crippen molar-refractivity contribution >= 4 is 11.8 Å². The van der Waals surface area contributed by atoms with Gasteiger partial charge in [0.05, 0.1) is 0 Å². The van der Waals surface area contributed by atoms with E-state index in [1.807, 2.05) is 11.8 Å². The number of halogens is 2. The van der Waals surface area contributed by atoms with Crippen LogP contribution in [0.5, 0.6) is 0 Å². The summed E-state index contributed by atoms with van der Waals surface area (Å²) in [7, 11) is 0. The zero-order chi connectivity index (χ0) is 14.1. The van der Waals surface area contributed by atoms with E-state index >= 15 is 0 Å². The maximum Gasteiger partial charge on any atom is 3.00 e. The van der Waals surface area contributed by atoms with Crippen LogP contribution in [0.3, 0.4) is 0 Å². The molecule has 0 aliphatic heterocycles. The van der Waals surface area contributed by atoms with Crippen molar-refractivity contribution in [1.82, 2.24) is 0 Å². The van der Waals surface area contributed by atoms with Gasteiger partial charge in [0.25, 0.3) is 0 Å². The molecule has 121 valence electrons. The Balaban J connectivity index is 0. The molecule has 1 atom stereocenters. The van der Waals surface area contributed by atoms with Gasteiger partial charge in [0.2, 0.25) is 0 Å². The number of hydrogen-bond donors (Lipinski definition) is 0. The minimum Gasteiger partial charge on any atom is -1.00 e. The van der Waals surface area contributed by atoms with Gasteiger partial charge < -0.3 is 24.8 Å². The van der Waals surface area contributed by atoms with Gasteiger partial charge in [-0.15, -0.1) is 6.42 Å². The van der Waals surface area contributed by atoms with Gasteiger partial charge in [-0.3, -0.25) is 6.08 Å². The predicted molar refractivity (Wildman–Crippen MR) is 87.3 cm³/mol. The second kappa shape index (κ2) is 9.79. The first-order valence-corrected chi connectivity index (χ1v) is 8.31. The molecular formula is C18H25Cl2STi. The Bertz CT molecular complexity index is 484. The Kier molecular flexibility index (Phi) is 11.1. The van der Waals surface area contributed by atoms with Gasteiger partial charge in [0.1, 0.15) is 0 Å². The molecule has 0 bridgehead atoms. The molecule has 0 fully saturated rings. The van der Waals surface area contributed by atoms with Crippen molar-refractivity contribution in [3.63, 3.8) is 0 Å². The molecule has 0 aromatic rings. The minimum atomic E-state index is 0. The van der Waals surface area contributed by atoms with E-state index < -0.39 is 0 Å². The molecular weight excluding hydrogens is 367 g/mol. The standard InChI is InChI=1S/C18H25S.2ClH.Ti/c1-14-10-11-18(19-5,13-15-8-6-7-9-15)16(12-14)17(2,3)4;;;/h6,8,10,12H,7,11,13H2,1-5H3;2*1H;/q-1;;;+3/p-2. The molecule has 0 N–H and O–H groups in total. The maximum absolute atomic E-state index is 3.49. The fourth-order valence-electron chi connectivity index (χ4n) is 3.07. The van der Waals surface area contributed by atoms with Crippen molar-refractivity contribution in [2.75, 3.05) is 6.26 Å². The molecule has 2 rings (SSSR count). The topological polar surface area (TPSA) is 0 Å². The van der Waals surface area contributed by atoms with Gasteiger partial charge in [-0.25, -0.2) is 11.6 Å². The molecule has 0 spiro atoms. The first-order chi connectivity index (χ1) is 8.87. The molecule has 22 heavy (non-hydrogen) atoms. The zero-order valence-electron chi connectivity index (χ0n) is 14.1. The van der Waals surface area contributed by atoms with Crippen molar-refractivity contribution in [2.45, 2.75) is 51.7 Å². The summed E-state index contributed by atoms with van der Waals surface area (Å²) < 4.78 is 0.217. The SMILES string of the molecule is CSC1(CC2=[C-]CC=C2)CC=C(C)C=C1C(C)(C)C.[Cl-].[Cl-].[Ti+3]. The third-order valence-electron chi connectivity index (χ3n) is 4.06. The fourth-order valence-corrected chi connectivity index (χ4v) is 4.20. The third-order valence-corrected chi connectivity index (χ3v) is 5.37. The van der Waals surface area contributed by atoms with E-state index in [0.717, 1.165) is 19.3 Å². The van der Waals surface area contributed by atoms with E-state index in [2.05, 4.69) is 64.3 Å². The van der Waals surface area contributed by atoms with Gasteiger partial charge in [0.15, 0.2) is 0 Å². The number of allylic oxidation sites excluding steroid dienone is 7. The van der Waals surface area contributed by atoms with Crippen LogP contribution < -0.4 is 24.8 Å². The Morgan fingerprint density at radius 2 is 1.91 bits per heavy atom. The summed E-state index contributed by atoms with van der Waals surface area (Å²) >= 11 is 2.01. The van der Waals surface area contributed by atoms with Crippen molar-refractivity contribution in [3.8, 4) is 0 Å². The summed E-state index contributed by atoms with van der Waals surface area (Å²) in [6.07, 6.45) is 18.3. The average molecular weight is 392 g/mol. The van der Waals surface area contributed by atoms with Crippen LogP contribution in [-0.4, -0.2) is 11.0 Å². The van der Waals surface area contributed by atoms with Crippen LogP contribution in [0.2, 0.25) is 0 Å². The van der Waals surface area contributed by atoms with Crippen LogP contribution in [0.4, 0.5) is 0 Å². The van der Waals surface area contributed by atoms with Crippen LogP contribution >= 0.6 is 11.8 Å². The Hall–Kier alpha value is 0.604. The Labute approximate surface area is 168 Å². The van der Waals surface area contributed by atoms with Crippen LogP contribution in [0, 0.1) is 11.5 Å². The summed E-state index contributed by atoms with van der Waals surface area (Å²) in [5, 5.41) is 0. The Morgan fingerprint density at radius 3 is 2.36 bits per heavy atom. The molecule has 0 saturated heterocycles. The molecule has 0 heterocycles. The molecule has 0 saturated carbocycles. The quantitative estimate of drug-likeness (QED) is 0.461. The predicted octanol–water partition coefficient (Wildman–Crippen LogP) is -0.504. The van der Waals surface area contributed by atoms with E-state index in [-0.39, 0.29) is 56.7 Å². The summed E-state index contributed by atoms with van der Waals surface area (Å²) in [4.78, 5) is 0. The summed E-state index contributed by atoms with van der Waals surface area (Å²) in [5.41, 5.74) is 4.61. The first-order valence-electron chi connectivity index (χ1n) is 7.08. The largest absolute Gasteiger partial charge is 3.00 e. The Morgan fingerprint density at radius 1 is 1.27 bits per heavy atom. The van der Waals surface area contributed by atoms with Gasteiger partial charge in [0, 0.05) is 4.75 Å². The summed E-state index contributed by atoms with van der Waals surface area (Å²) in [5.74, 6) is 0. The second-order valence-electron chi connectivity index (χ2n) is 6.64. The minimum absolute atomic E-state index is 0.